The van der Waals surface area contributed by atoms with E-state index in [2.05, 4.69) is 0 Å². The molecule has 1 heterocycles. The SMILES string of the molecule is CCCC(C)(N)C(=O)N1CCC(C(F)(F)F)C1. The van der Waals surface area contributed by atoms with E-state index in [9.17, 15) is 18.0 Å². The number of hydrogen-bond acceptors (Lipinski definition) is 2. The lowest BCUT2D eigenvalue weighted by atomic mass is 9.96. The summed E-state index contributed by atoms with van der Waals surface area (Å²) >= 11 is 0. The fourth-order valence-electron chi connectivity index (χ4n) is 2.20. The van der Waals surface area contributed by atoms with Crippen LogP contribution in [0.3, 0.4) is 0 Å². The van der Waals surface area contributed by atoms with E-state index in [4.69, 9.17) is 5.73 Å². The van der Waals surface area contributed by atoms with Crippen molar-refractivity contribution in [1.82, 2.24) is 4.90 Å². The normalized spacial score (nSPS) is 24.8. The van der Waals surface area contributed by atoms with Crippen LogP contribution in [-0.2, 0) is 4.79 Å². The quantitative estimate of drug-likeness (QED) is 0.834. The van der Waals surface area contributed by atoms with Gasteiger partial charge in [0.25, 0.3) is 0 Å². The van der Waals surface area contributed by atoms with Gasteiger partial charge in [-0.05, 0) is 19.8 Å². The second-order valence-electron chi connectivity index (χ2n) is 4.95. The van der Waals surface area contributed by atoms with Gasteiger partial charge in [-0.25, -0.2) is 0 Å². The lowest BCUT2D eigenvalue weighted by Gasteiger charge is -2.29. The van der Waals surface area contributed by atoms with Crippen LogP contribution in [0.4, 0.5) is 13.2 Å². The number of carbonyl (C=O) groups excluding carboxylic acids is 1. The minimum atomic E-state index is -4.22. The van der Waals surface area contributed by atoms with Gasteiger partial charge in [0.05, 0.1) is 11.5 Å². The first-order chi connectivity index (χ1) is 7.68. The van der Waals surface area contributed by atoms with Gasteiger partial charge in [0.2, 0.25) is 5.91 Å². The van der Waals surface area contributed by atoms with Crippen LogP contribution in [0.2, 0.25) is 0 Å². The van der Waals surface area contributed by atoms with Gasteiger partial charge in [-0.15, -0.1) is 0 Å². The van der Waals surface area contributed by atoms with Crippen molar-refractivity contribution in [1.29, 1.82) is 0 Å². The third-order valence-corrected chi connectivity index (χ3v) is 3.20. The Morgan fingerprint density at radius 2 is 2.06 bits per heavy atom. The number of rotatable bonds is 3. The Bertz CT molecular complexity index is 289. The van der Waals surface area contributed by atoms with Crippen molar-refractivity contribution in [3.05, 3.63) is 0 Å². The molecular formula is C11H19F3N2O. The molecule has 3 nitrogen and oxygen atoms in total. The zero-order valence-electron chi connectivity index (χ0n) is 10.2. The van der Waals surface area contributed by atoms with Gasteiger partial charge < -0.3 is 10.6 Å². The van der Waals surface area contributed by atoms with Gasteiger partial charge in [0, 0.05) is 13.1 Å². The molecule has 2 N–H and O–H groups in total. The predicted molar refractivity (Wildman–Crippen MR) is 58.2 cm³/mol. The summed E-state index contributed by atoms with van der Waals surface area (Å²) in [5.41, 5.74) is 4.79. The maximum Gasteiger partial charge on any atom is 0.393 e. The lowest BCUT2D eigenvalue weighted by Crippen LogP contribution is -2.52. The zero-order valence-corrected chi connectivity index (χ0v) is 10.2. The van der Waals surface area contributed by atoms with Gasteiger partial charge >= 0.3 is 6.18 Å². The van der Waals surface area contributed by atoms with E-state index in [0.717, 1.165) is 6.42 Å². The Morgan fingerprint density at radius 3 is 2.47 bits per heavy atom. The lowest BCUT2D eigenvalue weighted by molar-refractivity contribution is -0.171. The molecule has 0 saturated carbocycles. The summed E-state index contributed by atoms with van der Waals surface area (Å²) in [6, 6.07) is 0. The molecule has 6 heteroatoms. The Labute approximate surface area is 99.1 Å². The van der Waals surface area contributed by atoms with Crippen LogP contribution >= 0.6 is 0 Å². The monoisotopic (exact) mass is 252 g/mol. The van der Waals surface area contributed by atoms with E-state index >= 15 is 0 Å². The predicted octanol–water partition coefficient (Wildman–Crippen LogP) is 1.91. The molecule has 0 aromatic rings. The standard InChI is InChI=1S/C11H19F3N2O/c1-3-5-10(2,15)9(17)16-6-4-8(7-16)11(12,13)14/h8H,3-7,15H2,1-2H3. The molecule has 1 aliphatic heterocycles. The summed E-state index contributed by atoms with van der Waals surface area (Å²) in [5.74, 6) is -1.77. The first-order valence-electron chi connectivity index (χ1n) is 5.83. The van der Waals surface area contributed by atoms with E-state index < -0.39 is 17.6 Å². The van der Waals surface area contributed by atoms with Crippen molar-refractivity contribution in [2.24, 2.45) is 11.7 Å². The van der Waals surface area contributed by atoms with Crippen molar-refractivity contribution in [2.75, 3.05) is 13.1 Å². The molecule has 0 aliphatic carbocycles. The van der Waals surface area contributed by atoms with E-state index in [-0.39, 0.29) is 25.4 Å². The van der Waals surface area contributed by atoms with Crippen LogP contribution in [-0.4, -0.2) is 35.6 Å². The van der Waals surface area contributed by atoms with Crippen molar-refractivity contribution in [2.45, 2.75) is 44.8 Å². The minimum absolute atomic E-state index is 0.0164. The summed E-state index contributed by atoms with van der Waals surface area (Å²) < 4.78 is 37.4. The second kappa shape index (κ2) is 4.84. The zero-order chi connectivity index (χ0) is 13.3. The van der Waals surface area contributed by atoms with Crippen molar-refractivity contribution in [3.8, 4) is 0 Å². The Kier molecular flexibility index (Phi) is 4.06. The molecule has 0 spiro atoms. The number of hydrogen-bond donors (Lipinski definition) is 1. The van der Waals surface area contributed by atoms with Crippen LogP contribution < -0.4 is 5.73 Å². The van der Waals surface area contributed by atoms with E-state index in [1.54, 1.807) is 6.92 Å². The highest BCUT2D eigenvalue weighted by molar-refractivity contribution is 5.85. The highest BCUT2D eigenvalue weighted by Crippen LogP contribution is 2.34. The number of nitrogens with two attached hydrogens (primary N) is 1. The molecule has 0 radical (unpaired) electrons. The molecule has 2 unspecified atom stereocenters. The first-order valence-corrected chi connectivity index (χ1v) is 5.83. The number of carbonyl (C=O) groups is 1. The number of halogens is 3. The second-order valence-corrected chi connectivity index (χ2v) is 4.95. The number of likely N-dealkylation sites (tertiary alicyclic amines) is 1. The molecule has 0 aromatic heterocycles. The molecule has 100 valence electrons. The van der Waals surface area contributed by atoms with E-state index in [1.165, 1.54) is 4.90 Å². The molecule has 0 bridgehead atoms. The van der Waals surface area contributed by atoms with E-state index in [0.29, 0.717) is 6.42 Å². The third kappa shape index (κ3) is 3.34. The van der Waals surface area contributed by atoms with Crippen molar-refractivity contribution >= 4 is 5.91 Å². The van der Waals surface area contributed by atoms with Crippen molar-refractivity contribution in [3.63, 3.8) is 0 Å². The first kappa shape index (κ1) is 14.3. The minimum Gasteiger partial charge on any atom is -0.340 e. The Balaban J connectivity index is 2.63. The molecule has 2 atom stereocenters. The molecule has 1 fully saturated rings. The van der Waals surface area contributed by atoms with Gasteiger partial charge in [0.1, 0.15) is 0 Å². The van der Waals surface area contributed by atoms with Crippen LogP contribution in [0.5, 0.6) is 0 Å². The maximum atomic E-state index is 12.5. The maximum absolute atomic E-state index is 12.5. The van der Waals surface area contributed by atoms with Crippen LogP contribution in [0.25, 0.3) is 0 Å². The third-order valence-electron chi connectivity index (χ3n) is 3.20. The highest BCUT2D eigenvalue weighted by atomic mass is 19.4. The van der Waals surface area contributed by atoms with Crippen LogP contribution in [0.1, 0.15) is 33.1 Å². The van der Waals surface area contributed by atoms with Crippen LogP contribution in [0.15, 0.2) is 0 Å². The summed E-state index contributed by atoms with van der Waals surface area (Å²) in [6.07, 6.45) is -3.02. The molecular weight excluding hydrogens is 233 g/mol. The summed E-state index contributed by atoms with van der Waals surface area (Å²) in [6.45, 7) is 3.37. The fraction of sp³-hybridized carbons (Fsp3) is 0.909. The van der Waals surface area contributed by atoms with E-state index in [1.807, 2.05) is 6.92 Å². The fourth-order valence-corrected chi connectivity index (χ4v) is 2.20. The number of nitrogens with zero attached hydrogens (tertiary/aromatic N) is 1. The molecule has 1 saturated heterocycles. The van der Waals surface area contributed by atoms with Gasteiger partial charge in [0.15, 0.2) is 0 Å². The summed E-state index contributed by atoms with van der Waals surface area (Å²) in [4.78, 5) is 13.2. The molecule has 0 aromatic carbocycles. The topological polar surface area (TPSA) is 46.3 Å². The number of amides is 1. The molecule has 1 rings (SSSR count). The summed E-state index contributed by atoms with van der Waals surface area (Å²) in [7, 11) is 0. The Morgan fingerprint density at radius 1 is 1.47 bits per heavy atom. The van der Waals surface area contributed by atoms with Crippen molar-refractivity contribution < 1.29 is 18.0 Å². The smallest absolute Gasteiger partial charge is 0.340 e. The van der Waals surface area contributed by atoms with Gasteiger partial charge in [-0.1, -0.05) is 13.3 Å². The molecule has 1 amide bonds. The Hall–Kier alpha value is -0.780. The van der Waals surface area contributed by atoms with Gasteiger partial charge in [-0.3, -0.25) is 4.79 Å². The average Bonchev–Trinajstić information content (AvgIpc) is 2.64. The summed E-state index contributed by atoms with van der Waals surface area (Å²) in [5, 5.41) is 0. The molecule has 17 heavy (non-hydrogen) atoms. The highest BCUT2D eigenvalue weighted by Gasteiger charge is 2.46. The largest absolute Gasteiger partial charge is 0.393 e. The average molecular weight is 252 g/mol. The number of alkyl halides is 3. The van der Waals surface area contributed by atoms with Crippen LogP contribution in [0, 0.1) is 5.92 Å². The molecule has 1 aliphatic rings. The van der Waals surface area contributed by atoms with Gasteiger partial charge in [-0.2, -0.15) is 13.2 Å².